The topological polar surface area (TPSA) is 79.9 Å². The lowest BCUT2D eigenvalue weighted by Crippen LogP contribution is -2.19. The SMILES string of the molecule is FC(F)(F)c1nc2n(n1)CCC(c1ccc3c(Oc4cn(C5CC5)nc4C4CCOCC4)ccnc3c1)C2. The Morgan fingerprint density at radius 2 is 1.79 bits per heavy atom. The van der Waals surface area contributed by atoms with Crippen molar-refractivity contribution in [1.82, 2.24) is 29.5 Å². The van der Waals surface area contributed by atoms with Crippen LogP contribution in [0.2, 0.25) is 0 Å². The van der Waals surface area contributed by atoms with Crippen LogP contribution in [-0.2, 0) is 23.9 Å². The number of aromatic nitrogens is 6. The minimum absolute atomic E-state index is 0.0421. The number of halogens is 3. The molecule has 1 saturated carbocycles. The van der Waals surface area contributed by atoms with Crippen molar-refractivity contribution in [3.63, 3.8) is 0 Å². The van der Waals surface area contributed by atoms with Crippen molar-refractivity contribution in [1.29, 1.82) is 0 Å². The number of nitrogens with zero attached hydrogens (tertiary/aromatic N) is 6. The monoisotopic (exact) mass is 524 g/mol. The lowest BCUT2D eigenvalue weighted by Gasteiger charge is -2.23. The zero-order valence-electron chi connectivity index (χ0n) is 20.7. The highest BCUT2D eigenvalue weighted by atomic mass is 19.4. The fraction of sp³-hybridized carbons (Fsp3) is 0.481. The summed E-state index contributed by atoms with van der Waals surface area (Å²) in [4.78, 5) is 8.34. The van der Waals surface area contributed by atoms with Gasteiger partial charge in [-0.2, -0.15) is 18.3 Å². The van der Waals surface area contributed by atoms with Crippen molar-refractivity contribution >= 4 is 10.9 Å². The molecule has 1 aromatic carbocycles. The molecular weight excluding hydrogens is 497 g/mol. The van der Waals surface area contributed by atoms with Gasteiger partial charge in [0.05, 0.1) is 17.8 Å². The first-order chi connectivity index (χ1) is 18.4. The Kier molecular flexibility index (Phi) is 5.64. The normalized spacial score (nSPS) is 20.6. The van der Waals surface area contributed by atoms with Gasteiger partial charge in [0.25, 0.3) is 5.82 Å². The first-order valence-corrected chi connectivity index (χ1v) is 13.2. The van der Waals surface area contributed by atoms with Crippen LogP contribution in [-0.4, -0.2) is 42.7 Å². The number of benzene rings is 1. The van der Waals surface area contributed by atoms with Gasteiger partial charge in [-0.15, -0.1) is 5.10 Å². The van der Waals surface area contributed by atoms with E-state index in [9.17, 15) is 13.2 Å². The van der Waals surface area contributed by atoms with Crippen LogP contribution in [0.1, 0.15) is 72.9 Å². The van der Waals surface area contributed by atoms with E-state index in [-0.39, 0.29) is 5.92 Å². The van der Waals surface area contributed by atoms with E-state index < -0.39 is 12.0 Å². The van der Waals surface area contributed by atoms with Crippen LogP contribution in [0.3, 0.4) is 0 Å². The molecule has 4 aromatic rings. The van der Waals surface area contributed by atoms with Crippen molar-refractivity contribution in [2.24, 2.45) is 0 Å². The van der Waals surface area contributed by atoms with E-state index in [0.29, 0.717) is 42.9 Å². The largest absolute Gasteiger partial charge is 0.453 e. The molecule has 1 unspecified atom stereocenters. The Hall–Kier alpha value is -3.47. The summed E-state index contributed by atoms with van der Waals surface area (Å²) in [5.41, 5.74) is 2.80. The van der Waals surface area contributed by atoms with Crippen molar-refractivity contribution in [3.05, 3.63) is 59.6 Å². The van der Waals surface area contributed by atoms with E-state index in [1.807, 2.05) is 35.1 Å². The third-order valence-corrected chi connectivity index (χ3v) is 7.79. The number of hydrogen-bond donors (Lipinski definition) is 0. The molecule has 0 amide bonds. The van der Waals surface area contributed by atoms with Crippen molar-refractivity contribution < 1.29 is 22.6 Å². The molecule has 0 bridgehead atoms. The second-order valence-electron chi connectivity index (χ2n) is 10.4. The molecule has 0 N–H and O–H groups in total. The van der Waals surface area contributed by atoms with E-state index in [4.69, 9.17) is 14.6 Å². The minimum Gasteiger partial charge on any atom is -0.453 e. The quantitative estimate of drug-likeness (QED) is 0.329. The molecule has 2 aliphatic heterocycles. The molecule has 2 fully saturated rings. The van der Waals surface area contributed by atoms with Gasteiger partial charge in [0.1, 0.15) is 17.3 Å². The van der Waals surface area contributed by atoms with Gasteiger partial charge in [-0.25, -0.2) is 9.67 Å². The predicted octanol–water partition coefficient (Wildman–Crippen LogP) is 5.79. The van der Waals surface area contributed by atoms with Gasteiger partial charge in [0.2, 0.25) is 0 Å². The molecule has 0 radical (unpaired) electrons. The second kappa shape index (κ2) is 9.07. The lowest BCUT2D eigenvalue weighted by atomic mass is 9.89. The molecule has 11 heteroatoms. The Labute approximate surface area is 216 Å². The molecule has 5 heterocycles. The number of alkyl halides is 3. The molecular formula is C27H27F3N6O2. The van der Waals surface area contributed by atoms with Gasteiger partial charge >= 0.3 is 6.18 Å². The highest BCUT2D eigenvalue weighted by molar-refractivity contribution is 5.85. The highest BCUT2D eigenvalue weighted by Crippen LogP contribution is 2.42. The van der Waals surface area contributed by atoms with Gasteiger partial charge in [-0.1, -0.05) is 6.07 Å². The molecule has 1 saturated heterocycles. The van der Waals surface area contributed by atoms with Crippen LogP contribution in [0.5, 0.6) is 11.5 Å². The summed E-state index contributed by atoms with van der Waals surface area (Å²) in [5, 5.41) is 9.45. The molecule has 1 atom stereocenters. The standard InChI is InChI=1S/C27H27F3N6O2/c28-27(29,30)26-32-24-14-18(6-10-35(24)34-26)17-1-4-20-21(13-17)31-9-5-22(20)38-23-15-36(19-2-3-19)33-25(23)16-7-11-37-12-8-16/h1,4-5,9,13,15-16,18-19H,2-3,6-8,10-12,14H2. The zero-order valence-corrected chi connectivity index (χ0v) is 20.7. The zero-order chi connectivity index (χ0) is 25.9. The van der Waals surface area contributed by atoms with Gasteiger partial charge in [-0.05, 0) is 61.8 Å². The summed E-state index contributed by atoms with van der Waals surface area (Å²) in [6.45, 7) is 1.87. The molecule has 8 nitrogen and oxygen atoms in total. The number of rotatable bonds is 5. The molecule has 7 rings (SSSR count). The molecule has 3 aliphatic rings. The lowest BCUT2D eigenvalue weighted by molar-refractivity contribution is -0.145. The Bertz CT molecular complexity index is 1490. The summed E-state index contributed by atoms with van der Waals surface area (Å²) < 4.78 is 54.7. The molecule has 1 aliphatic carbocycles. The van der Waals surface area contributed by atoms with Crippen molar-refractivity contribution in [3.8, 4) is 11.5 Å². The maximum Gasteiger partial charge on any atom is 0.453 e. The van der Waals surface area contributed by atoms with Gasteiger partial charge < -0.3 is 9.47 Å². The van der Waals surface area contributed by atoms with Crippen molar-refractivity contribution in [2.45, 2.75) is 69.1 Å². The van der Waals surface area contributed by atoms with Crippen LogP contribution < -0.4 is 4.74 Å². The molecule has 38 heavy (non-hydrogen) atoms. The smallest absolute Gasteiger partial charge is 0.453 e. The van der Waals surface area contributed by atoms with Gasteiger partial charge in [0, 0.05) is 43.7 Å². The summed E-state index contributed by atoms with van der Waals surface area (Å²) in [6, 6.07) is 8.34. The van der Waals surface area contributed by atoms with Crippen LogP contribution in [0.25, 0.3) is 10.9 Å². The van der Waals surface area contributed by atoms with Crippen LogP contribution in [0.4, 0.5) is 13.2 Å². The Balaban J connectivity index is 1.16. The first kappa shape index (κ1) is 23.6. The van der Waals surface area contributed by atoms with E-state index in [1.54, 1.807) is 6.20 Å². The van der Waals surface area contributed by atoms with E-state index >= 15 is 0 Å². The third kappa shape index (κ3) is 4.42. The molecule has 198 valence electrons. The maximum absolute atomic E-state index is 13.1. The van der Waals surface area contributed by atoms with Crippen LogP contribution >= 0.6 is 0 Å². The molecule has 0 spiro atoms. The van der Waals surface area contributed by atoms with E-state index in [2.05, 4.69) is 15.1 Å². The Morgan fingerprint density at radius 1 is 0.947 bits per heavy atom. The number of fused-ring (bicyclic) bond motifs is 2. The van der Waals surface area contributed by atoms with Crippen molar-refractivity contribution in [2.75, 3.05) is 13.2 Å². The second-order valence-corrected chi connectivity index (χ2v) is 10.4. The fourth-order valence-corrected chi connectivity index (χ4v) is 5.56. The van der Waals surface area contributed by atoms with E-state index in [1.165, 1.54) is 4.68 Å². The van der Waals surface area contributed by atoms with E-state index in [0.717, 1.165) is 66.8 Å². The summed E-state index contributed by atoms with van der Waals surface area (Å²) in [7, 11) is 0. The third-order valence-electron chi connectivity index (χ3n) is 7.79. The number of hydrogen-bond acceptors (Lipinski definition) is 6. The first-order valence-electron chi connectivity index (χ1n) is 13.2. The number of aryl methyl sites for hydroxylation is 1. The number of pyridine rings is 1. The maximum atomic E-state index is 13.1. The Morgan fingerprint density at radius 3 is 2.58 bits per heavy atom. The predicted molar refractivity (Wildman–Crippen MR) is 131 cm³/mol. The summed E-state index contributed by atoms with van der Waals surface area (Å²) >= 11 is 0. The van der Waals surface area contributed by atoms with Crippen LogP contribution in [0.15, 0.2) is 36.7 Å². The average molecular weight is 525 g/mol. The number of ether oxygens (including phenoxy) is 2. The summed E-state index contributed by atoms with van der Waals surface area (Å²) in [5.74, 6) is 1.15. The van der Waals surface area contributed by atoms with Crippen LogP contribution in [0, 0.1) is 0 Å². The summed E-state index contributed by atoms with van der Waals surface area (Å²) in [6.07, 6.45) is 4.45. The average Bonchev–Trinajstić information content (AvgIpc) is 3.53. The fourth-order valence-electron chi connectivity index (χ4n) is 5.56. The highest BCUT2D eigenvalue weighted by Gasteiger charge is 2.38. The van der Waals surface area contributed by atoms with Gasteiger partial charge in [0.15, 0.2) is 5.75 Å². The van der Waals surface area contributed by atoms with Gasteiger partial charge in [-0.3, -0.25) is 9.67 Å². The minimum atomic E-state index is -4.54. The molecule has 3 aromatic heterocycles.